The average molecular weight is 469 g/mol. The smallest absolute Gasteiger partial charge is 0.264 e. The summed E-state index contributed by atoms with van der Waals surface area (Å²) < 4.78 is 38.5. The fraction of sp³-hybridized carbons (Fsp3) is 0.240. The molecule has 174 valence electrons. The Hall–Kier alpha value is -3.52. The number of nitrogens with zero attached hydrogens (tertiary/aromatic N) is 1. The summed E-state index contributed by atoms with van der Waals surface area (Å²) in [5.74, 6) is 0.707. The van der Waals surface area contributed by atoms with Crippen LogP contribution in [0.15, 0.2) is 71.6 Å². The molecule has 0 fully saturated rings. The van der Waals surface area contributed by atoms with Crippen molar-refractivity contribution in [3.8, 4) is 11.5 Å². The summed E-state index contributed by atoms with van der Waals surface area (Å²) in [6, 6.07) is 18.9. The van der Waals surface area contributed by atoms with Crippen LogP contribution in [0.2, 0.25) is 0 Å². The highest BCUT2D eigenvalue weighted by Gasteiger charge is 2.27. The number of carbonyl (C=O) groups excluding carboxylic acids is 1. The molecule has 0 aliphatic rings. The van der Waals surface area contributed by atoms with Gasteiger partial charge in [-0.25, -0.2) is 8.42 Å². The van der Waals surface area contributed by atoms with Crippen LogP contribution >= 0.6 is 0 Å². The van der Waals surface area contributed by atoms with Crippen molar-refractivity contribution in [3.63, 3.8) is 0 Å². The first-order valence-corrected chi connectivity index (χ1v) is 11.8. The topological polar surface area (TPSA) is 84.9 Å². The first-order chi connectivity index (χ1) is 15.7. The third-order valence-electron chi connectivity index (χ3n) is 5.05. The van der Waals surface area contributed by atoms with Gasteiger partial charge in [0, 0.05) is 6.54 Å². The number of hydrogen-bond donors (Lipinski definition) is 1. The molecule has 0 radical (unpaired) electrons. The molecule has 0 unspecified atom stereocenters. The summed E-state index contributed by atoms with van der Waals surface area (Å²) in [5, 5.41) is 2.80. The Morgan fingerprint density at radius 2 is 1.52 bits per heavy atom. The maximum atomic E-state index is 13.4. The van der Waals surface area contributed by atoms with Crippen molar-refractivity contribution in [3.05, 3.63) is 83.4 Å². The van der Waals surface area contributed by atoms with E-state index in [1.54, 1.807) is 49.6 Å². The highest BCUT2D eigenvalue weighted by atomic mass is 32.2. The number of hydrogen-bond acceptors (Lipinski definition) is 5. The minimum Gasteiger partial charge on any atom is -0.493 e. The van der Waals surface area contributed by atoms with E-state index in [1.165, 1.54) is 19.2 Å². The van der Waals surface area contributed by atoms with Crippen LogP contribution in [0.4, 0.5) is 5.69 Å². The van der Waals surface area contributed by atoms with E-state index in [1.807, 2.05) is 26.0 Å². The zero-order chi connectivity index (χ0) is 24.0. The van der Waals surface area contributed by atoms with E-state index in [4.69, 9.17) is 9.47 Å². The first-order valence-electron chi connectivity index (χ1n) is 10.4. The molecule has 0 saturated carbocycles. The molecule has 1 amide bonds. The normalized spacial score (nSPS) is 11.0. The molecule has 3 rings (SSSR count). The van der Waals surface area contributed by atoms with Crippen LogP contribution in [0, 0.1) is 13.8 Å². The van der Waals surface area contributed by atoms with Gasteiger partial charge in [-0.1, -0.05) is 30.3 Å². The molecule has 0 atom stereocenters. The van der Waals surface area contributed by atoms with Crippen LogP contribution in [0.25, 0.3) is 0 Å². The predicted octanol–water partition coefficient (Wildman–Crippen LogP) is 3.83. The maximum absolute atomic E-state index is 13.4. The van der Waals surface area contributed by atoms with E-state index >= 15 is 0 Å². The van der Waals surface area contributed by atoms with Crippen molar-refractivity contribution in [1.29, 1.82) is 0 Å². The summed E-state index contributed by atoms with van der Waals surface area (Å²) in [7, 11) is -0.862. The third-order valence-corrected chi connectivity index (χ3v) is 6.84. The van der Waals surface area contributed by atoms with Crippen LogP contribution < -0.4 is 19.1 Å². The van der Waals surface area contributed by atoms with Crippen LogP contribution in [-0.4, -0.2) is 35.1 Å². The minimum absolute atomic E-state index is 0.122. The molecule has 0 aliphatic carbocycles. The zero-order valence-corrected chi connectivity index (χ0v) is 20.0. The summed E-state index contributed by atoms with van der Waals surface area (Å²) in [5.41, 5.74) is 3.05. The average Bonchev–Trinajstić information content (AvgIpc) is 2.80. The fourth-order valence-electron chi connectivity index (χ4n) is 3.51. The standard InChI is InChI=1S/C25H28N2O5S/c1-18-12-19(2)14-21(13-18)27(33(29,30)22-8-6-5-7-9-22)17-25(28)26-16-20-10-11-23(31-3)24(15-20)32-4/h5-15H,16-17H2,1-4H3,(H,26,28). The number of ether oxygens (including phenoxy) is 2. The maximum Gasteiger partial charge on any atom is 0.264 e. The molecule has 0 saturated heterocycles. The molecule has 3 aromatic rings. The number of benzene rings is 3. The molecule has 8 heteroatoms. The third kappa shape index (κ3) is 5.84. The second-order valence-electron chi connectivity index (χ2n) is 7.64. The van der Waals surface area contributed by atoms with Crippen molar-refractivity contribution in [2.45, 2.75) is 25.3 Å². The van der Waals surface area contributed by atoms with Crippen LogP contribution in [0.1, 0.15) is 16.7 Å². The number of amides is 1. The van der Waals surface area contributed by atoms with Gasteiger partial charge in [-0.2, -0.15) is 0 Å². The first kappa shape index (κ1) is 24.1. The summed E-state index contributed by atoms with van der Waals surface area (Å²) in [4.78, 5) is 13.0. The van der Waals surface area contributed by atoms with Crippen molar-refractivity contribution < 1.29 is 22.7 Å². The van der Waals surface area contributed by atoms with Crippen molar-refractivity contribution in [2.24, 2.45) is 0 Å². The predicted molar refractivity (Wildman–Crippen MR) is 128 cm³/mol. The SMILES string of the molecule is COc1ccc(CNC(=O)CN(c2cc(C)cc(C)c2)S(=O)(=O)c2ccccc2)cc1OC. The lowest BCUT2D eigenvalue weighted by molar-refractivity contribution is -0.119. The summed E-state index contributed by atoms with van der Waals surface area (Å²) >= 11 is 0. The fourth-order valence-corrected chi connectivity index (χ4v) is 4.93. The number of methoxy groups -OCH3 is 2. The summed E-state index contributed by atoms with van der Waals surface area (Å²) in [6.45, 7) is 3.64. The van der Waals surface area contributed by atoms with Gasteiger partial charge >= 0.3 is 0 Å². The largest absolute Gasteiger partial charge is 0.493 e. The summed E-state index contributed by atoms with van der Waals surface area (Å²) in [6.07, 6.45) is 0. The Bertz CT molecular complexity index is 1210. The number of sulfonamides is 1. The van der Waals surface area contributed by atoms with Gasteiger partial charge in [-0.3, -0.25) is 9.10 Å². The lowest BCUT2D eigenvalue weighted by Gasteiger charge is -2.25. The lowest BCUT2D eigenvalue weighted by atomic mass is 10.1. The monoisotopic (exact) mass is 468 g/mol. The molecule has 0 bridgehead atoms. The van der Waals surface area contributed by atoms with Gasteiger partial charge in [0.15, 0.2) is 11.5 Å². The molecule has 0 spiro atoms. The van der Waals surface area contributed by atoms with Gasteiger partial charge in [0.25, 0.3) is 10.0 Å². The van der Waals surface area contributed by atoms with E-state index in [-0.39, 0.29) is 18.0 Å². The highest BCUT2D eigenvalue weighted by molar-refractivity contribution is 7.92. The second kappa shape index (κ2) is 10.4. The molecule has 33 heavy (non-hydrogen) atoms. The van der Waals surface area contributed by atoms with Gasteiger partial charge in [0.2, 0.25) is 5.91 Å². The Kier molecular flexibility index (Phi) is 7.60. The number of rotatable bonds is 9. The molecule has 1 N–H and O–H groups in total. The molecular weight excluding hydrogens is 440 g/mol. The molecule has 7 nitrogen and oxygen atoms in total. The Morgan fingerprint density at radius 1 is 0.879 bits per heavy atom. The van der Waals surface area contributed by atoms with Crippen LogP contribution in [-0.2, 0) is 21.4 Å². The van der Waals surface area contributed by atoms with E-state index in [0.29, 0.717) is 17.2 Å². The highest BCUT2D eigenvalue weighted by Crippen LogP contribution is 2.28. The van der Waals surface area contributed by atoms with Gasteiger partial charge in [-0.05, 0) is 66.9 Å². The van der Waals surface area contributed by atoms with E-state index in [0.717, 1.165) is 21.0 Å². The van der Waals surface area contributed by atoms with Gasteiger partial charge in [0.05, 0.1) is 24.8 Å². The molecule has 0 heterocycles. The Labute approximate surface area is 195 Å². The van der Waals surface area contributed by atoms with Gasteiger partial charge in [-0.15, -0.1) is 0 Å². The number of aryl methyl sites for hydroxylation is 2. The minimum atomic E-state index is -3.95. The molecule has 0 aliphatic heterocycles. The number of anilines is 1. The number of carbonyl (C=O) groups is 1. The molecule has 0 aromatic heterocycles. The van der Waals surface area contributed by atoms with Crippen molar-refractivity contribution >= 4 is 21.6 Å². The quantitative estimate of drug-likeness (QED) is 0.516. The van der Waals surface area contributed by atoms with Crippen molar-refractivity contribution in [1.82, 2.24) is 5.32 Å². The Morgan fingerprint density at radius 3 is 2.12 bits per heavy atom. The van der Waals surface area contributed by atoms with Crippen LogP contribution in [0.3, 0.4) is 0 Å². The van der Waals surface area contributed by atoms with Gasteiger partial charge < -0.3 is 14.8 Å². The van der Waals surface area contributed by atoms with Crippen LogP contribution in [0.5, 0.6) is 11.5 Å². The Balaban J connectivity index is 1.85. The zero-order valence-electron chi connectivity index (χ0n) is 19.2. The van der Waals surface area contributed by atoms with Crippen molar-refractivity contribution in [2.75, 3.05) is 25.1 Å². The second-order valence-corrected chi connectivity index (χ2v) is 9.50. The molecule has 3 aromatic carbocycles. The molecular formula is C25H28N2O5S. The lowest BCUT2D eigenvalue weighted by Crippen LogP contribution is -2.40. The van der Waals surface area contributed by atoms with Gasteiger partial charge in [0.1, 0.15) is 6.54 Å². The van der Waals surface area contributed by atoms with E-state index in [9.17, 15) is 13.2 Å². The number of nitrogens with one attached hydrogen (secondary N) is 1. The van der Waals surface area contributed by atoms with E-state index < -0.39 is 15.9 Å². The van der Waals surface area contributed by atoms with E-state index in [2.05, 4.69) is 5.32 Å².